The van der Waals surface area contributed by atoms with Crippen LogP contribution in [-0.2, 0) is 11.2 Å². The number of aromatic nitrogens is 2. The van der Waals surface area contributed by atoms with Gasteiger partial charge < -0.3 is 0 Å². The number of halogens is 1. The van der Waals surface area contributed by atoms with Crippen molar-refractivity contribution in [2.75, 3.05) is 0 Å². The normalized spacial score (nSPS) is 12.6. The van der Waals surface area contributed by atoms with Gasteiger partial charge in [0.05, 0.1) is 15.9 Å². The van der Waals surface area contributed by atoms with Gasteiger partial charge in [-0.2, -0.15) is 0 Å². The van der Waals surface area contributed by atoms with Gasteiger partial charge in [0.1, 0.15) is 5.78 Å². The Kier molecular flexibility index (Phi) is 4.42. The smallest absolute Gasteiger partial charge is 0.146 e. The van der Waals surface area contributed by atoms with Crippen molar-refractivity contribution in [2.45, 2.75) is 31.0 Å². The maximum absolute atomic E-state index is 11.7. The third kappa shape index (κ3) is 3.13. The van der Waals surface area contributed by atoms with Crippen LogP contribution in [0.4, 0.5) is 0 Å². The zero-order chi connectivity index (χ0) is 13.0. The predicted octanol–water partition coefficient (Wildman–Crippen LogP) is 3.31. The van der Waals surface area contributed by atoms with Gasteiger partial charge in [-0.1, -0.05) is 28.9 Å². The largest absolute Gasteiger partial charge is 0.298 e. The van der Waals surface area contributed by atoms with E-state index in [1.54, 1.807) is 12.4 Å². The second-order valence-corrected chi connectivity index (χ2v) is 5.37. The molecule has 0 spiro atoms. The summed E-state index contributed by atoms with van der Waals surface area (Å²) in [4.78, 5) is 20.1. The molecule has 0 fully saturated rings. The Balaban J connectivity index is 2.14. The Morgan fingerprint density at radius 1 is 1.28 bits per heavy atom. The predicted molar refractivity (Wildman–Crippen MR) is 75.9 cm³/mol. The molecule has 0 saturated carbocycles. The summed E-state index contributed by atoms with van der Waals surface area (Å²) in [5, 5.41) is 0. The summed E-state index contributed by atoms with van der Waals surface area (Å²) < 4.78 is 0. The van der Waals surface area contributed by atoms with Gasteiger partial charge >= 0.3 is 0 Å². The molecule has 0 aliphatic carbocycles. The van der Waals surface area contributed by atoms with Crippen LogP contribution in [0.25, 0.3) is 11.0 Å². The standard InChI is InChI=1S/C14H15BrN2O/c1-2-3-14(18)11(15)8-10-4-5-12-13(9-10)17-7-6-16-12/h4-7,9,11H,2-3,8H2,1H3. The van der Waals surface area contributed by atoms with Crippen molar-refractivity contribution in [3.63, 3.8) is 0 Å². The molecule has 0 saturated heterocycles. The second-order valence-electron chi connectivity index (χ2n) is 4.27. The summed E-state index contributed by atoms with van der Waals surface area (Å²) in [6.45, 7) is 2.02. The van der Waals surface area contributed by atoms with Crippen molar-refractivity contribution in [3.8, 4) is 0 Å². The summed E-state index contributed by atoms with van der Waals surface area (Å²) >= 11 is 3.46. The van der Waals surface area contributed by atoms with Crippen LogP contribution in [0.2, 0.25) is 0 Å². The second kappa shape index (κ2) is 6.05. The van der Waals surface area contributed by atoms with Crippen LogP contribution in [0.15, 0.2) is 30.6 Å². The van der Waals surface area contributed by atoms with Gasteiger partial charge in [-0.3, -0.25) is 14.8 Å². The molecule has 2 aromatic rings. The molecule has 0 aliphatic heterocycles. The highest BCUT2D eigenvalue weighted by atomic mass is 79.9. The van der Waals surface area contributed by atoms with E-state index in [1.165, 1.54) is 0 Å². The molecule has 94 valence electrons. The number of carbonyl (C=O) groups excluding carboxylic acids is 1. The van der Waals surface area contributed by atoms with Crippen LogP contribution in [-0.4, -0.2) is 20.6 Å². The third-order valence-corrected chi connectivity index (χ3v) is 3.63. The molecule has 1 heterocycles. The number of hydrogen-bond acceptors (Lipinski definition) is 3. The van der Waals surface area contributed by atoms with Crippen molar-refractivity contribution in [1.82, 2.24) is 9.97 Å². The lowest BCUT2D eigenvalue weighted by Crippen LogP contribution is -2.16. The number of rotatable bonds is 5. The van der Waals surface area contributed by atoms with Crippen LogP contribution >= 0.6 is 15.9 Å². The fraction of sp³-hybridized carbons (Fsp3) is 0.357. The van der Waals surface area contributed by atoms with Crippen molar-refractivity contribution >= 4 is 32.7 Å². The third-order valence-electron chi connectivity index (χ3n) is 2.79. The number of carbonyl (C=O) groups is 1. The SMILES string of the molecule is CCCC(=O)C(Br)Cc1ccc2nccnc2c1. The van der Waals surface area contributed by atoms with Crippen LogP contribution in [0.3, 0.4) is 0 Å². The molecule has 3 nitrogen and oxygen atoms in total. The molecule has 1 unspecified atom stereocenters. The Labute approximate surface area is 115 Å². The van der Waals surface area contributed by atoms with E-state index in [1.807, 2.05) is 25.1 Å². The molecule has 2 rings (SSSR count). The van der Waals surface area contributed by atoms with Gasteiger partial charge in [-0.05, 0) is 30.5 Å². The molecule has 18 heavy (non-hydrogen) atoms. The molecule has 1 atom stereocenters. The molecule has 1 aromatic heterocycles. The minimum absolute atomic E-state index is 0.105. The van der Waals surface area contributed by atoms with E-state index in [4.69, 9.17) is 0 Å². The number of fused-ring (bicyclic) bond motifs is 1. The molecule has 1 aromatic carbocycles. The van der Waals surface area contributed by atoms with E-state index in [0.717, 1.165) is 23.0 Å². The number of benzene rings is 1. The lowest BCUT2D eigenvalue weighted by molar-refractivity contribution is -0.118. The topological polar surface area (TPSA) is 42.9 Å². The summed E-state index contributed by atoms with van der Waals surface area (Å²) in [5.74, 6) is 0.261. The molecular weight excluding hydrogens is 292 g/mol. The van der Waals surface area contributed by atoms with Gasteiger partial charge in [-0.15, -0.1) is 0 Å². The highest BCUT2D eigenvalue weighted by molar-refractivity contribution is 9.10. The van der Waals surface area contributed by atoms with Crippen molar-refractivity contribution in [2.24, 2.45) is 0 Å². The van der Waals surface area contributed by atoms with Gasteiger partial charge in [0.2, 0.25) is 0 Å². The Hall–Kier alpha value is -1.29. The van der Waals surface area contributed by atoms with Crippen LogP contribution in [0.5, 0.6) is 0 Å². The molecular formula is C14H15BrN2O. The van der Waals surface area contributed by atoms with Crippen molar-refractivity contribution < 1.29 is 4.79 Å². The van der Waals surface area contributed by atoms with Crippen LogP contribution in [0.1, 0.15) is 25.3 Å². The molecule has 0 N–H and O–H groups in total. The van der Waals surface area contributed by atoms with E-state index < -0.39 is 0 Å². The Bertz CT molecular complexity index is 556. The molecule has 4 heteroatoms. The highest BCUT2D eigenvalue weighted by Crippen LogP contribution is 2.17. The minimum Gasteiger partial charge on any atom is -0.298 e. The first kappa shape index (κ1) is 13.1. The lowest BCUT2D eigenvalue weighted by Gasteiger charge is -2.08. The number of alkyl halides is 1. The lowest BCUT2D eigenvalue weighted by atomic mass is 10.0. The zero-order valence-electron chi connectivity index (χ0n) is 10.3. The zero-order valence-corrected chi connectivity index (χ0v) is 11.9. The fourth-order valence-electron chi connectivity index (χ4n) is 1.86. The monoisotopic (exact) mass is 306 g/mol. The maximum atomic E-state index is 11.7. The average Bonchev–Trinajstić information content (AvgIpc) is 2.39. The van der Waals surface area contributed by atoms with Crippen molar-refractivity contribution in [1.29, 1.82) is 0 Å². The minimum atomic E-state index is -0.105. The number of hydrogen-bond donors (Lipinski definition) is 0. The summed E-state index contributed by atoms with van der Waals surface area (Å²) in [5.41, 5.74) is 2.86. The molecule has 0 radical (unpaired) electrons. The molecule has 0 amide bonds. The van der Waals surface area contributed by atoms with Gasteiger partial charge in [0.15, 0.2) is 0 Å². The van der Waals surface area contributed by atoms with Gasteiger partial charge in [0.25, 0.3) is 0 Å². The van der Waals surface area contributed by atoms with E-state index >= 15 is 0 Å². The van der Waals surface area contributed by atoms with Gasteiger partial charge in [0, 0.05) is 18.8 Å². The maximum Gasteiger partial charge on any atom is 0.146 e. The van der Waals surface area contributed by atoms with E-state index in [0.29, 0.717) is 12.8 Å². The first-order chi connectivity index (χ1) is 8.70. The summed E-state index contributed by atoms with van der Waals surface area (Å²) in [6, 6.07) is 5.95. The van der Waals surface area contributed by atoms with Crippen LogP contribution < -0.4 is 0 Å². The Morgan fingerprint density at radius 2 is 2.00 bits per heavy atom. The van der Waals surface area contributed by atoms with E-state index in [9.17, 15) is 4.79 Å². The first-order valence-electron chi connectivity index (χ1n) is 6.07. The summed E-state index contributed by atoms with van der Waals surface area (Å²) in [7, 11) is 0. The first-order valence-corrected chi connectivity index (χ1v) is 6.98. The van der Waals surface area contributed by atoms with Crippen LogP contribution in [0, 0.1) is 0 Å². The van der Waals surface area contributed by atoms with Gasteiger partial charge in [-0.25, -0.2) is 0 Å². The van der Waals surface area contributed by atoms with Crippen molar-refractivity contribution in [3.05, 3.63) is 36.2 Å². The quantitative estimate of drug-likeness (QED) is 0.796. The molecule has 0 aliphatic rings. The summed E-state index contributed by atoms with van der Waals surface area (Å²) in [6.07, 6.45) is 5.58. The number of ketones is 1. The average molecular weight is 307 g/mol. The number of nitrogens with zero attached hydrogens (tertiary/aromatic N) is 2. The van der Waals surface area contributed by atoms with E-state index in [2.05, 4.69) is 25.9 Å². The van der Waals surface area contributed by atoms with E-state index in [-0.39, 0.29) is 10.6 Å². The highest BCUT2D eigenvalue weighted by Gasteiger charge is 2.14. The fourth-order valence-corrected chi connectivity index (χ4v) is 2.46. The number of Topliss-reactive ketones (excluding diaryl/α,β-unsaturated/α-hetero) is 1. The molecule has 0 bridgehead atoms. The Morgan fingerprint density at radius 3 is 2.72 bits per heavy atom.